The van der Waals surface area contributed by atoms with E-state index in [4.69, 9.17) is 16.3 Å². The zero-order valence-electron chi connectivity index (χ0n) is 21.5. The SMILES string of the molecule is COc1cc(C(=O)N2CCCC(CC(=O)N(C)C)c3cc(Cl)ccc32)ccc1NC(=O)c1ccccc1Br. The van der Waals surface area contributed by atoms with Crippen LogP contribution in [-0.2, 0) is 4.79 Å². The molecule has 38 heavy (non-hydrogen) atoms. The lowest BCUT2D eigenvalue weighted by Gasteiger charge is -2.25. The number of anilines is 2. The Bertz CT molecular complexity index is 1380. The number of hydrogen-bond donors (Lipinski definition) is 1. The fourth-order valence-corrected chi connectivity index (χ4v) is 5.25. The zero-order valence-corrected chi connectivity index (χ0v) is 23.8. The second-order valence-electron chi connectivity index (χ2n) is 9.34. The zero-order chi connectivity index (χ0) is 27.4. The number of carbonyl (C=O) groups excluding carboxylic acids is 3. The number of methoxy groups -OCH3 is 1. The Kier molecular flexibility index (Phi) is 8.74. The number of hydrogen-bond acceptors (Lipinski definition) is 4. The van der Waals surface area contributed by atoms with Crippen molar-refractivity contribution in [1.29, 1.82) is 0 Å². The average molecular weight is 599 g/mol. The minimum absolute atomic E-state index is 0.0330. The summed E-state index contributed by atoms with van der Waals surface area (Å²) in [7, 11) is 4.98. The Hall–Kier alpha value is -3.36. The molecule has 198 valence electrons. The Morgan fingerprint density at radius 3 is 2.58 bits per heavy atom. The van der Waals surface area contributed by atoms with Gasteiger partial charge in [0.25, 0.3) is 11.8 Å². The second-order valence-corrected chi connectivity index (χ2v) is 10.6. The Morgan fingerprint density at radius 1 is 1.11 bits per heavy atom. The number of nitrogens with one attached hydrogen (secondary N) is 1. The van der Waals surface area contributed by atoms with Crippen molar-refractivity contribution in [3.05, 3.63) is 86.8 Å². The molecule has 0 saturated carbocycles. The first-order valence-electron chi connectivity index (χ1n) is 12.2. The third-order valence-electron chi connectivity index (χ3n) is 6.63. The first-order chi connectivity index (χ1) is 18.2. The molecule has 0 bridgehead atoms. The summed E-state index contributed by atoms with van der Waals surface area (Å²) >= 11 is 9.74. The fraction of sp³-hybridized carbons (Fsp3) is 0.276. The normalized spacial score (nSPS) is 14.8. The van der Waals surface area contributed by atoms with E-state index in [1.807, 2.05) is 18.2 Å². The molecule has 3 aromatic carbocycles. The highest BCUT2D eigenvalue weighted by Crippen LogP contribution is 2.39. The number of ether oxygens (including phenoxy) is 1. The van der Waals surface area contributed by atoms with Gasteiger partial charge in [0.1, 0.15) is 5.75 Å². The van der Waals surface area contributed by atoms with E-state index in [1.165, 1.54) is 7.11 Å². The van der Waals surface area contributed by atoms with Crippen molar-refractivity contribution < 1.29 is 19.1 Å². The molecule has 3 amide bonds. The Labute approximate surface area is 235 Å². The summed E-state index contributed by atoms with van der Waals surface area (Å²) in [5, 5.41) is 3.42. The Balaban J connectivity index is 1.62. The maximum Gasteiger partial charge on any atom is 0.258 e. The van der Waals surface area contributed by atoms with Crippen molar-refractivity contribution in [3.63, 3.8) is 0 Å². The van der Waals surface area contributed by atoms with Crippen molar-refractivity contribution in [2.75, 3.05) is 38.0 Å². The number of amides is 3. The molecule has 1 aliphatic heterocycles. The number of fused-ring (bicyclic) bond motifs is 1. The summed E-state index contributed by atoms with van der Waals surface area (Å²) in [6.45, 7) is 0.503. The van der Waals surface area contributed by atoms with Crippen LogP contribution < -0.4 is 15.0 Å². The lowest BCUT2D eigenvalue weighted by atomic mass is 9.90. The first kappa shape index (κ1) is 27.7. The largest absolute Gasteiger partial charge is 0.495 e. The Morgan fingerprint density at radius 2 is 1.87 bits per heavy atom. The highest BCUT2D eigenvalue weighted by Gasteiger charge is 2.29. The van der Waals surface area contributed by atoms with E-state index in [0.717, 1.165) is 24.1 Å². The van der Waals surface area contributed by atoms with Crippen molar-refractivity contribution in [2.24, 2.45) is 0 Å². The van der Waals surface area contributed by atoms with Gasteiger partial charge >= 0.3 is 0 Å². The van der Waals surface area contributed by atoms with Gasteiger partial charge in [0.05, 0.1) is 18.4 Å². The molecule has 1 heterocycles. The van der Waals surface area contributed by atoms with Crippen LogP contribution in [0.15, 0.2) is 65.1 Å². The molecule has 9 heteroatoms. The molecule has 0 radical (unpaired) electrons. The monoisotopic (exact) mass is 597 g/mol. The highest BCUT2D eigenvalue weighted by atomic mass is 79.9. The van der Waals surface area contributed by atoms with Gasteiger partial charge in [0.2, 0.25) is 5.91 Å². The van der Waals surface area contributed by atoms with Crippen LogP contribution in [0.3, 0.4) is 0 Å². The van der Waals surface area contributed by atoms with E-state index in [1.54, 1.807) is 66.4 Å². The van der Waals surface area contributed by atoms with Crippen LogP contribution in [-0.4, -0.2) is 50.4 Å². The summed E-state index contributed by atoms with van der Waals surface area (Å²) in [5.41, 5.74) is 3.00. The van der Waals surface area contributed by atoms with Crippen LogP contribution in [0, 0.1) is 0 Å². The van der Waals surface area contributed by atoms with E-state index in [9.17, 15) is 14.4 Å². The molecule has 1 unspecified atom stereocenters. The smallest absolute Gasteiger partial charge is 0.258 e. The van der Waals surface area contributed by atoms with E-state index < -0.39 is 0 Å². The number of halogens is 2. The molecular formula is C29H29BrClN3O4. The van der Waals surface area contributed by atoms with Gasteiger partial charge in [-0.2, -0.15) is 0 Å². The molecule has 3 aromatic rings. The third kappa shape index (κ3) is 6.03. The molecule has 0 spiro atoms. The van der Waals surface area contributed by atoms with Gasteiger partial charge in [-0.05, 0) is 88.8 Å². The summed E-state index contributed by atoms with van der Waals surface area (Å²) in [4.78, 5) is 42.4. The molecule has 1 aliphatic rings. The van der Waals surface area contributed by atoms with Gasteiger partial charge in [-0.3, -0.25) is 14.4 Å². The van der Waals surface area contributed by atoms with Crippen molar-refractivity contribution in [1.82, 2.24) is 4.90 Å². The molecule has 7 nitrogen and oxygen atoms in total. The fourth-order valence-electron chi connectivity index (χ4n) is 4.60. The minimum Gasteiger partial charge on any atom is -0.495 e. The van der Waals surface area contributed by atoms with Gasteiger partial charge < -0.3 is 19.9 Å². The van der Waals surface area contributed by atoms with Gasteiger partial charge in [-0.25, -0.2) is 0 Å². The third-order valence-corrected chi connectivity index (χ3v) is 7.56. The molecule has 4 rings (SSSR count). The number of rotatable bonds is 6. The van der Waals surface area contributed by atoms with Gasteiger partial charge in [-0.1, -0.05) is 23.7 Å². The molecule has 0 fully saturated rings. The van der Waals surface area contributed by atoms with Gasteiger partial charge in [-0.15, -0.1) is 0 Å². The van der Waals surface area contributed by atoms with Crippen molar-refractivity contribution >= 4 is 56.6 Å². The summed E-state index contributed by atoms with van der Waals surface area (Å²) in [6, 6.07) is 17.6. The minimum atomic E-state index is -0.300. The molecular weight excluding hydrogens is 570 g/mol. The molecule has 0 aliphatic carbocycles. The summed E-state index contributed by atoms with van der Waals surface area (Å²) in [5.74, 6) is -0.134. The maximum atomic E-state index is 13.8. The standard InChI is InChI=1S/C29H29BrClN3O4/c1-33(2)27(35)16-18-7-6-14-34(25-13-11-20(31)17-22(18)25)29(37)19-10-12-24(26(15-19)38-3)32-28(36)21-8-4-5-9-23(21)30/h4-5,8-13,15,17-18H,6-7,14,16H2,1-3H3,(H,32,36). The van der Waals surface area contributed by atoms with Crippen LogP contribution in [0.25, 0.3) is 0 Å². The van der Waals surface area contributed by atoms with Crippen molar-refractivity contribution in [2.45, 2.75) is 25.2 Å². The number of benzene rings is 3. The first-order valence-corrected chi connectivity index (χ1v) is 13.4. The van der Waals surface area contributed by atoms with Gasteiger partial charge in [0.15, 0.2) is 0 Å². The van der Waals surface area contributed by atoms with E-state index in [-0.39, 0.29) is 23.6 Å². The van der Waals surface area contributed by atoms with E-state index >= 15 is 0 Å². The van der Waals surface area contributed by atoms with Crippen LogP contribution >= 0.6 is 27.5 Å². The van der Waals surface area contributed by atoms with E-state index in [2.05, 4.69) is 21.2 Å². The summed E-state index contributed by atoms with van der Waals surface area (Å²) < 4.78 is 6.20. The predicted molar refractivity (Wildman–Crippen MR) is 154 cm³/mol. The quantitative estimate of drug-likeness (QED) is 0.358. The number of carbonyl (C=O) groups is 3. The van der Waals surface area contributed by atoms with Crippen molar-refractivity contribution in [3.8, 4) is 5.75 Å². The number of nitrogens with zero attached hydrogens (tertiary/aromatic N) is 2. The lowest BCUT2D eigenvalue weighted by molar-refractivity contribution is -0.129. The van der Waals surface area contributed by atoms with Crippen LogP contribution in [0.4, 0.5) is 11.4 Å². The van der Waals surface area contributed by atoms with Gasteiger partial charge in [0, 0.05) is 47.8 Å². The molecule has 0 aromatic heterocycles. The topological polar surface area (TPSA) is 79.0 Å². The van der Waals surface area contributed by atoms with E-state index in [0.29, 0.717) is 45.0 Å². The van der Waals surface area contributed by atoms with Crippen LogP contribution in [0.5, 0.6) is 5.75 Å². The molecule has 1 N–H and O–H groups in total. The predicted octanol–water partition coefficient (Wildman–Crippen LogP) is 6.37. The second kappa shape index (κ2) is 12.0. The molecule has 0 saturated heterocycles. The summed E-state index contributed by atoms with van der Waals surface area (Å²) in [6.07, 6.45) is 1.85. The maximum absolute atomic E-state index is 13.8. The van der Waals surface area contributed by atoms with Crippen LogP contribution in [0.1, 0.15) is 51.5 Å². The highest BCUT2D eigenvalue weighted by molar-refractivity contribution is 9.10. The molecule has 1 atom stereocenters. The average Bonchev–Trinajstić information content (AvgIpc) is 3.07. The lowest BCUT2D eigenvalue weighted by Crippen LogP contribution is -2.31. The van der Waals surface area contributed by atoms with Crippen LogP contribution in [0.2, 0.25) is 5.02 Å².